The molecule has 2 aromatic rings. The van der Waals surface area contributed by atoms with Crippen molar-refractivity contribution in [2.75, 3.05) is 6.54 Å². The summed E-state index contributed by atoms with van der Waals surface area (Å²) in [7, 11) is 0. The summed E-state index contributed by atoms with van der Waals surface area (Å²) in [5.41, 5.74) is 7.96. The molecular formula is C18H22FN. The second-order valence-electron chi connectivity index (χ2n) is 5.28. The molecule has 0 amide bonds. The van der Waals surface area contributed by atoms with Crippen LogP contribution in [-0.2, 0) is 12.8 Å². The van der Waals surface area contributed by atoms with E-state index >= 15 is 0 Å². The number of halogens is 1. The predicted octanol–water partition coefficient (Wildman–Crippen LogP) is 3.97. The Kier molecular flexibility index (Phi) is 5.75. The lowest BCUT2D eigenvalue weighted by Gasteiger charge is -2.15. The van der Waals surface area contributed by atoms with E-state index in [0.29, 0.717) is 12.5 Å². The first-order chi connectivity index (χ1) is 9.79. The van der Waals surface area contributed by atoms with Gasteiger partial charge in [0.25, 0.3) is 0 Å². The fraction of sp³-hybridized carbons (Fsp3) is 0.333. The highest BCUT2D eigenvalue weighted by Gasteiger charge is 2.10. The maximum Gasteiger partial charge on any atom is 0.126 e. The smallest absolute Gasteiger partial charge is 0.126 e. The Morgan fingerprint density at radius 1 is 0.950 bits per heavy atom. The zero-order valence-corrected chi connectivity index (χ0v) is 11.8. The van der Waals surface area contributed by atoms with E-state index in [4.69, 9.17) is 5.73 Å². The van der Waals surface area contributed by atoms with E-state index in [1.807, 2.05) is 18.2 Å². The van der Waals surface area contributed by atoms with Crippen LogP contribution in [0.3, 0.4) is 0 Å². The zero-order chi connectivity index (χ0) is 14.2. The fourth-order valence-electron chi connectivity index (χ4n) is 2.52. The molecule has 0 spiro atoms. The van der Waals surface area contributed by atoms with Gasteiger partial charge in [-0.2, -0.15) is 0 Å². The van der Waals surface area contributed by atoms with Gasteiger partial charge in [-0.1, -0.05) is 48.5 Å². The van der Waals surface area contributed by atoms with Crippen LogP contribution in [0, 0.1) is 11.7 Å². The third-order valence-corrected chi connectivity index (χ3v) is 3.72. The molecule has 0 aliphatic heterocycles. The van der Waals surface area contributed by atoms with Crippen LogP contribution >= 0.6 is 0 Å². The Hall–Kier alpha value is -1.67. The van der Waals surface area contributed by atoms with E-state index in [1.54, 1.807) is 6.07 Å². The molecule has 0 bridgehead atoms. The molecule has 2 heteroatoms. The van der Waals surface area contributed by atoms with Crippen LogP contribution in [0.15, 0.2) is 54.6 Å². The molecule has 0 radical (unpaired) electrons. The SMILES string of the molecule is NCC(CCCc1ccccc1)Cc1ccccc1F. The quantitative estimate of drug-likeness (QED) is 0.810. The summed E-state index contributed by atoms with van der Waals surface area (Å²) in [5, 5.41) is 0. The van der Waals surface area contributed by atoms with Gasteiger partial charge in [0.15, 0.2) is 0 Å². The third-order valence-electron chi connectivity index (χ3n) is 3.72. The van der Waals surface area contributed by atoms with Gasteiger partial charge in [-0.15, -0.1) is 0 Å². The van der Waals surface area contributed by atoms with E-state index < -0.39 is 0 Å². The first-order valence-corrected chi connectivity index (χ1v) is 7.27. The lowest BCUT2D eigenvalue weighted by molar-refractivity contribution is 0.465. The molecule has 0 heterocycles. The number of hydrogen-bond donors (Lipinski definition) is 1. The van der Waals surface area contributed by atoms with Crippen molar-refractivity contribution in [2.45, 2.75) is 25.7 Å². The highest BCUT2D eigenvalue weighted by molar-refractivity contribution is 5.18. The molecular weight excluding hydrogens is 249 g/mol. The Balaban J connectivity index is 1.82. The minimum atomic E-state index is -0.117. The maximum absolute atomic E-state index is 13.6. The minimum absolute atomic E-state index is 0.117. The molecule has 20 heavy (non-hydrogen) atoms. The summed E-state index contributed by atoms with van der Waals surface area (Å²) in [5.74, 6) is 0.240. The summed E-state index contributed by atoms with van der Waals surface area (Å²) in [6.45, 7) is 0.614. The van der Waals surface area contributed by atoms with Gasteiger partial charge in [-0.25, -0.2) is 4.39 Å². The average molecular weight is 271 g/mol. The van der Waals surface area contributed by atoms with Crippen molar-refractivity contribution in [1.29, 1.82) is 0 Å². The van der Waals surface area contributed by atoms with Gasteiger partial charge in [-0.3, -0.25) is 0 Å². The fourth-order valence-corrected chi connectivity index (χ4v) is 2.52. The standard InChI is InChI=1S/C18H22FN/c19-18-12-5-4-11-17(18)13-16(14-20)10-6-9-15-7-2-1-3-8-15/h1-5,7-8,11-12,16H,6,9-10,13-14,20H2. The van der Waals surface area contributed by atoms with Crippen molar-refractivity contribution in [3.63, 3.8) is 0 Å². The largest absolute Gasteiger partial charge is 0.330 e. The molecule has 0 aliphatic rings. The van der Waals surface area contributed by atoms with Crippen LogP contribution in [0.25, 0.3) is 0 Å². The normalized spacial score (nSPS) is 12.3. The lowest BCUT2D eigenvalue weighted by atomic mass is 9.93. The molecule has 0 aliphatic carbocycles. The van der Waals surface area contributed by atoms with Gasteiger partial charge in [0.2, 0.25) is 0 Å². The maximum atomic E-state index is 13.6. The minimum Gasteiger partial charge on any atom is -0.330 e. The number of hydrogen-bond acceptors (Lipinski definition) is 1. The van der Waals surface area contributed by atoms with Crippen molar-refractivity contribution in [3.8, 4) is 0 Å². The van der Waals surface area contributed by atoms with Crippen LogP contribution in [-0.4, -0.2) is 6.54 Å². The third kappa shape index (κ3) is 4.46. The van der Waals surface area contributed by atoms with Crippen LogP contribution in [0.5, 0.6) is 0 Å². The van der Waals surface area contributed by atoms with Crippen molar-refractivity contribution >= 4 is 0 Å². The summed E-state index contributed by atoms with van der Waals surface area (Å²) in [6.07, 6.45) is 3.94. The van der Waals surface area contributed by atoms with Crippen LogP contribution in [0.4, 0.5) is 4.39 Å². The van der Waals surface area contributed by atoms with E-state index in [-0.39, 0.29) is 5.82 Å². The number of benzene rings is 2. The summed E-state index contributed by atoms with van der Waals surface area (Å²) in [4.78, 5) is 0. The number of nitrogens with two attached hydrogens (primary N) is 1. The van der Waals surface area contributed by atoms with Crippen molar-refractivity contribution in [1.82, 2.24) is 0 Å². The zero-order valence-electron chi connectivity index (χ0n) is 11.8. The summed E-state index contributed by atoms with van der Waals surface area (Å²) in [6, 6.07) is 17.4. The van der Waals surface area contributed by atoms with Crippen molar-refractivity contribution in [3.05, 3.63) is 71.5 Å². The highest BCUT2D eigenvalue weighted by atomic mass is 19.1. The van der Waals surface area contributed by atoms with E-state index in [1.165, 1.54) is 11.6 Å². The lowest BCUT2D eigenvalue weighted by Crippen LogP contribution is -2.17. The number of rotatable bonds is 7. The topological polar surface area (TPSA) is 26.0 Å². The van der Waals surface area contributed by atoms with Crippen molar-refractivity contribution < 1.29 is 4.39 Å². The molecule has 0 aromatic heterocycles. The van der Waals surface area contributed by atoms with Gasteiger partial charge in [-0.05, 0) is 55.3 Å². The van der Waals surface area contributed by atoms with Crippen LogP contribution < -0.4 is 5.73 Å². The van der Waals surface area contributed by atoms with E-state index in [9.17, 15) is 4.39 Å². The highest BCUT2D eigenvalue weighted by Crippen LogP contribution is 2.17. The van der Waals surface area contributed by atoms with E-state index in [2.05, 4.69) is 24.3 Å². The molecule has 1 unspecified atom stereocenters. The van der Waals surface area contributed by atoms with Gasteiger partial charge in [0.1, 0.15) is 5.82 Å². The van der Waals surface area contributed by atoms with Crippen LogP contribution in [0.1, 0.15) is 24.0 Å². The van der Waals surface area contributed by atoms with Gasteiger partial charge in [0, 0.05) is 0 Å². The first-order valence-electron chi connectivity index (χ1n) is 7.27. The Labute approximate surface area is 120 Å². The Morgan fingerprint density at radius 3 is 2.35 bits per heavy atom. The van der Waals surface area contributed by atoms with Gasteiger partial charge < -0.3 is 5.73 Å². The number of aryl methyl sites for hydroxylation is 1. The monoisotopic (exact) mass is 271 g/mol. The second kappa shape index (κ2) is 7.81. The first kappa shape index (κ1) is 14.7. The Morgan fingerprint density at radius 2 is 1.65 bits per heavy atom. The van der Waals surface area contributed by atoms with Crippen LogP contribution in [0.2, 0.25) is 0 Å². The van der Waals surface area contributed by atoms with Gasteiger partial charge in [0.05, 0.1) is 0 Å². The van der Waals surface area contributed by atoms with Crippen molar-refractivity contribution in [2.24, 2.45) is 11.7 Å². The molecule has 2 N–H and O–H groups in total. The summed E-state index contributed by atoms with van der Waals surface area (Å²) < 4.78 is 13.6. The molecule has 1 nitrogen and oxygen atoms in total. The second-order valence-corrected chi connectivity index (χ2v) is 5.28. The summed E-state index contributed by atoms with van der Waals surface area (Å²) >= 11 is 0. The molecule has 0 fully saturated rings. The van der Waals surface area contributed by atoms with Gasteiger partial charge >= 0.3 is 0 Å². The Bertz CT molecular complexity index is 510. The van der Waals surface area contributed by atoms with E-state index in [0.717, 1.165) is 31.2 Å². The molecule has 2 aromatic carbocycles. The molecule has 0 saturated heterocycles. The predicted molar refractivity (Wildman–Crippen MR) is 82.0 cm³/mol. The average Bonchev–Trinajstić information content (AvgIpc) is 2.49. The molecule has 1 atom stereocenters. The molecule has 106 valence electrons. The molecule has 2 rings (SSSR count). The molecule has 0 saturated carbocycles.